The number of hydrogen-bond donors (Lipinski definition) is 2. The van der Waals surface area contributed by atoms with Crippen molar-refractivity contribution in [2.75, 3.05) is 12.4 Å². The van der Waals surface area contributed by atoms with Crippen LogP contribution in [0.25, 0.3) is 6.08 Å². The number of nitro groups is 1. The third kappa shape index (κ3) is 5.72. The van der Waals surface area contributed by atoms with E-state index in [0.29, 0.717) is 11.3 Å². The van der Waals surface area contributed by atoms with Crippen molar-refractivity contribution in [2.45, 2.75) is 0 Å². The van der Waals surface area contributed by atoms with Gasteiger partial charge in [-0.15, -0.1) is 0 Å². The molecule has 0 saturated carbocycles. The highest BCUT2D eigenvalue weighted by Gasteiger charge is 2.12. The number of hydrogen-bond acceptors (Lipinski definition) is 6. The minimum Gasteiger partial charge on any atom is -0.465 e. The van der Waals surface area contributed by atoms with Crippen LogP contribution in [0.1, 0.15) is 15.9 Å². The third-order valence-electron chi connectivity index (χ3n) is 3.33. The lowest BCUT2D eigenvalue weighted by Crippen LogP contribution is -2.33. The van der Waals surface area contributed by atoms with Gasteiger partial charge in [-0.3, -0.25) is 20.2 Å². The van der Waals surface area contributed by atoms with E-state index in [0.717, 1.165) is 0 Å². The highest BCUT2D eigenvalue weighted by molar-refractivity contribution is 7.80. The zero-order valence-electron chi connectivity index (χ0n) is 14.2. The number of rotatable bonds is 5. The molecule has 27 heavy (non-hydrogen) atoms. The van der Waals surface area contributed by atoms with E-state index in [2.05, 4.69) is 15.4 Å². The van der Waals surface area contributed by atoms with Gasteiger partial charge >= 0.3 is 5.97 Å². The summed E-state index contributed by atoms with van der Waals surface area (Å²) in [4.78, 5) is 33.9. The van der Waals surface area contributed by atoms with E-state index in [-0.39, 0.29) is 16.4 Å². The summed E-state index contributed by atoms with van der Waals surface area (Å²) in [5.74, 6) is -1.08. The molecule has 0 fully saturated rings. The van der Waals surface area contributed by atoms with Crippen LogP contribution < -0.4 is 10.6 Å². The lowest BCUT2D eigenvalue weighted by atomic mass is 10.2. The highest BCUT2D eigenvalue weighted by atomic mass is 32.1. The van der Waals surface area contributed by atoms with E-state index in [1.807, 2.05) is 0 Å². The van der Waals surface area contributed by atoms with Crippen molar-refractivity contribution in [3.63, 3.8) is 0 Å². The number of esters is 1. The number of anilines is 1. The van der Waals surface area contributed by atoms with Crippen LogP contribution in [0.5, 0.6) is 0 Å². The van der Waals surface area contributed by atoms with Gasteiger partial charge in [0.2, 0.25) is 5.91 Å². The number of carbonyl (C=O) groups excluding carboxylic acids is 2. The van der Waals surface area contributed by atoms with Crippen LogP contribution in [0.4, 0.5) is 11.4 Å². The first-order valence-electron chi connectivity index (χ1n) is 7.62. The van der Waals surface area contributed by atoms with Crippen molar-refractivity contribution in [3.05, 3.63) is 75.8 Å². The molecule has 2 N–H and O–H groups in total. The Bertz CT molecular complexity index is 927. The molecule has 0 aromatic heterocycles. The van der Waals surface area contributed by atoms with Gasteiger partial charge in [-0.2, -0.15) is 0 Å². The quantitative estimate of drug-likeness (QED) is 0.268. The predicted molar refractivity (Wildman–Crippen MR) is 104 cm³/mol. The lowest BCUT2D eigenvalue weighted by molar-refractivity contribution is -0.384. The molecule has 0 spiro atoms. The summed E-state index contributed by atoms with van der Waals surface area (Å²) < 4.78 is 4.68. The van der Waals surface area contributed by atoms with Gasteiger partial charge in [0, 0.05) is 18.2 Å². The van der Waals surface area contributed by atoms with E-state index in [1.165, 1.54) is 37.5 Å². The van der Waals surface area contributed by atoms with Crippen LogP contribution in [0.2, 0.25) is 0 Å². The predicted octanol–water partition coefficient (Wildman–Crippen LogP) is 2.91. The molecule has 0 bridgehead atoms. The molecule has 0 unspecified atom stereocenters. The molecule has 0 saturated heterocycles. The average molecular weight is 385 g/mol. The first kappa shape index (κ1) is 19.7. The van der Waals surface area contributed by atoms with Gasteiger partial charge in [0.05, 0.1) is 23.3 Å². The maximum Gasteiger partial charge on any atom is 0.339 e. The van der Waals surface area contributed by atoms with Crippen LogP contribution in [0.3, 0.4) is 0 Å². The second-order valence-electron chi connectivity index (χ2n) is 5.17. The molecular formula is C18H15N3O5S. The monoisotopic (exact) mass is 385 g/mol. The number of para-hydroxylation sites is 1. The summed E-state index contributed by atoms with van der Waals surface area (Å²) >= 11 is 5.06. The largest absolute Gasteiger partial charge is 0.465 e. The number of non-ortho nitro benzene ring substituents is 1. The van der Waals surface area contributed by atoms with Crippen molar-refractivity contribution >= 4 is 46.7 Å². The van der Waals surface area contributed by atoms with Gasteiger partial charge in [0.25, 0.3) is 5.69 Å². The maximum atomic E-state index is 12.0. The third-order valence-corrected chi connectivity index (χ3v) is 3.53. The van der Waals surface area contributed by atoms with Crippen molar-refractivity contribution in [2.24, 2.45) is 0 Å². The number of nitrogens with zero attached hydrogens (tertiary/aromatic N) is 1. The molecule has 138 valence electrons. The van der Waals surface area contributed by atoms with Gasteiger partial charge in [-0.1, -0.05) is 24.3 Å². The van der Waals surface area contributed by atoms with Crippen molar-refractivity contribution in [1.82, 2.24) is 5.32 Å². The standard InChI is InChI=1S/C18H15N3O5S/c1-26-17(23)14-7-2-3-8-15(14)19-18(27)20-16(22)10-9-12-5-4-6-13(11-12)21(24)25/h2-11H,1H3,(H2,19,20,22,27)/b10-9+. The number of nitrogens with one attached hydrogen (secondary N) is 2. The number of benzene rings is 2. The number of amides is 1. The Labute approximate surface area is 160 Å². The summed E-state index contributed by atoms with van der Waals surface area (Å²) in [5, 5.41) is 15.9. The summed E-state index contributed by atoms with van der Waals surface area (Å²) in [7, 11) is 1.26. The lowest BCUT2D eigenvalue weighted by Gasteiger charge is -2.11. The van der Waals surface area contributed by atoms with Gasteiger partial charge in [-0.25, -0.2) is 4.79 Å². The molecule has 0 radical (unpaired) electrons. The van der Waals surface area contributed by atoms with Gasteiger partial charge in [0.1, 0.15) is 0 Å². The van der Waals surface area contributed by atoms with Gasteiger partial charge < -0.3 is 10.1 Å². The van der Waals surface area contributed by atoms with E-state index >= 15 is 0 Å². The Balaban J connectivity index is 2.00. The number of ether oxygens (including phenoxy) is 1. The normalized spacial score (nSPS) is 10.3. The fraction of sp³-hybridized carbons (Fsp3) is 0.0556. The molecule has 0 heterocycles. The van der Waals surface area contributed by atoms with E-state index in [9.17, 15) is 19.7 Å². The second-order valence-corrected chi connectivity index (χ2v) is 5.57. The molecule has 2 rings (SSSR count). The summed E-state index contributed by atoms with van der Waals surface area (Å²) in [6, 6.07) is 12.4. The minimum atomic E-state index is -0.544. The fourth-order valence-electron chi connectivity index (χ4n) is 2.10. The number of thiocarbonyl (C=S) groups is 1. The molecule has 0 aliphatic carbocycles. The number of carbonyl (C=O) groups is 2. The van der Waals surface area contributed by atoms with Crippen LogP contribution in [-0.4, -0.2) is 29.0 Å². The molecule has 8 nitrogen and oxygen atoms in total. The molecule has 2 aromatic carbocycles. The second kappa shape index (κ2) is 9.20. The zero-order valence-corrected chi connectivity index (χ0v) is 15.0. The first-order chi connectivity index (χ1) is 12.9. The Morgan fingerprint density at radius 3 is 2.63 bits per heavy atom. The summed E-state index contributed by atoms with van der Waals surface area (Å²) in [6.45, 7) is 0. The molecule has 2 aromatic rings. The fourth-order valence-corrected chi connectivity index (χ4v) is 2.31. The Morgan fingerprint density at radius 1 is 1.19 bits per heavy atom. The average Bonchev–Trinajstić information content (AvgIpc) is 2.66. The number of methoxy groups -OCH3 is 1. The van der Waals surface area contributed by atoms with Crippen LogP contribution in [0, 0.1) is 10.1 Å². The van der Waals surface area contributed by atoms with Gasteiger partial charge in [-0.05, 0) is 36.0 Å². The molecular weight excluding hydrogens is 370 g/mol. The molecule has 0 aliphatic heterocycles. The highest BCUT2D eigenvalue weighted by Crippen LogP contribution is 2.16. The molecule has 9 heteroatoms. The Hall–Kier alpha value is -3.59. The summed E-state index contributed by atoms with van der Waals surface area (Å²) in [5.41, 5.74) is 1.07. The molecule has 0 aliphatic rings. The van der Waals surface area contributed by atoms with Crippen molar-refractivity contribution < 1.29 is 19.2 Å². The molecule has 0 atom stereocenters. The van der Waals surface area contributed by atoms with E-state index in [4.69, 9.17) is 12.2 Å². The SMILES string of the molecule is COC(=O)c1ccccc1NC(=S)NC(=O)/C=C/c1cccc([N+](=O)[O-])c1. The first-order valence-corrected chi connectivity index (χ1v) is 8.03. The Morgan fingerprint density at radius 2 is 1.93 bits per heavy atom. The van der Waals surface area contributed by atoms with Crippen LogP contribution >= 0.6 is 12.2 Å². The summed E-state index contributed by atoms with van der Waals surface area (Å²) in [6.07, 6.45) is 2.62. The van der Waals surface area contributed by atoms with Crippen LogP contribution in [0.15, 0.2) is 54.6 Å². The van der Waals surface area contributed by atoms with Crippen molar-refractivity contribution in [3.8, 4) is 0 Å². The van der Waals surface area contributed by atoms with Crippen molar-refractivity contribution in [1.29, 1.82) is 0 Å². The van der Waals surface area contributed by atoms with Gasteiger partial charge in [0.15, 0.2) is 5.11 Å². The maximum absolute atomic E-state index is 12.0. The van der Waals surface area contributed by atoms with E-state index in [1.54, 1.807) is 30.3 Å². The minimum absolute atomic E-state index is 0.0138. The zero-order chi connectivity index (χ0) is 19.8. The van der Waals surface area contributed by atoms with Crippen LogP contribution in [-0.2, 0) is 9.53 Å². The van der Waals surface area contributed by atoms with E-state index < -0.39 is 16.8 Å². The molecule has 1 amide bonds. The topological polar surface area (TPSA) is 111 Å². The number of nitro benzene ring substituents is 1. The smallest absolute Gasteiger partial charge is 0.339 e. The Kier molecular flexibility index (Phi) is 6.73.